The summed E-state index contributed by atoms with van der Waals surface area (Å²) in [7, 11) is 0. The van der Waals surface area contributed by atoms with E-state index in [-0.39, 0.29) is 6.54 Å². The van der Waals surface area contributed by atoms with Crippen molar-refractivity contribution in [3.05, 3.63) is 0 Å². The Kier molecular flexibility index (Phi) is 3.82. The van der Waals surface area contributed by atoms with E-state index in [1.165, 1.54) is 0 Å². The van der Waals surface area contributed by atoms with Gasteiger partial charge in [0.2, 0.25) is 0 Å². The van der Waals surface area contributed by atoms with E-state index in [0.717, 1.165) is 25.9 Å². The highest BCUT2D eigenvalue weighted by Crippen LogP contribution is 2.16. The van der Waals surface area contributed by atoms with E-state index in [4.69, 9.17) is 16.7 Å². The number of carboxylic acid groups (broad SMARTS) is 1. The molecule has 1 saturated heterocycles. The highest BCUT2D eigenvalue weighted by atomic mass is 35.5. The zero-order chi connectivity index (χ0) is 8.97. The average Bonchev–Trinajstić information content (AvgIpc) is 2.03. The van der Waals surface area contributed by atoms with Gasteiger partial charge in [-0.3, -0.25) is 9.69 Å². The summed E-state index contributed by atoms with van der Waals surface area (Å²) in [6.07, 6.45) is 2.21. The molecule has 0 unspecified atom stereocenters. The fourth-order valence-electron chi connectivity index (χ4n) is 1.61. The maximum atomic E-state index is 10.4. The first-order valence-corrected chi connectivity index (χ1v) is 4.76. The van der Waals surface area contributed by atoms with Crippen LogP contribution in [0.5, 0.6) is 0 Å². The number of carboxylic acids is 1. The molecule has 1 rings (SSSR count). The van der Waals surface area contributed by atoms with E-state index in [2.05, 4.69) is 0 Å². The second kappa shape index (κ2) is 4.67. The topological polar surface area (TPSA) is 40.5 Å². The van der Waals surface area contributed by atoms with Gasteiger partial charge in [0.05, 0.1) is 6.54 Å². The number of carbonyl (C=O) groups is 1. The standard InChI is InChI=1S/C8H14ClNO2/c9-4-7-2-1-3-10(5-7)6-8(11)12/h7H,1-6H2,(H,11,12)/t7-/m1/s1. The smallest absolute Gasteiger partial charge is 0.317 e. The number of hydrogen-bond acceptors (Lipinski definition) is 2. The van der Waals surface area contributed by atoms with Crippen LogP contribution in [0.3, 0.4) is 0 Å². The largest absolute Gasteiger partial charge is 0.480 e. The van der Waals surface area contributed by atoms with Crippen LogP contribution in [0, 0.1) is 5.92 Å². The molecule has 3 nitrogen and oxygen atoms in total. The number of hydrogen-bond donors (Lipinski definition) is 1. The number of alkyl halides is 1. The molecule has 1 aliphatic rings. The lowest BCUT2D eigenvalue weighted by atomic mass is 10.0. The van der Waals surface area contributed by atoms with Crippen molar-refractivity contribution >= 4 is 17.6 Å². The summed E-state index contributed by atoms with van der Waals surface area (Å²) in [5.41, 5.74) is 0. The maximum absolute atomic E-state index is 10.4. The Hall–Kier alpha value is -0.280. The molecule has 1 fully saturated rings. The Bertz CT molecular complexity index is 163. The first-order chi connectivity index (χ1) is 5.72. The third kappa shape index (κ3) is 2.99. The molecule has 0 aromatic carbocycles. The summed E-state index contributed by atoms with van der Waals surface area (Å²) >= 11 is 5.71. The van der Waals surface area contributed by atoms with Gasteiger partial charge in [-0.05, 0) is 25.3 Å². The van der Waals surface area contributed by atoms with Crippen LogP contribution in [0.2, 0.25) is 0 Å². The first-order valence-electron chi connectivity index (χ1n) is 4.22. The molecule has 1 N–H and O–H groups in total. The first kappa shape index (κ1) is 9.81. The van der Waals surface area contributed by atoms with Gasteiger partial charge < -0.3 is 5.11 Å². The van der Waals surface area contributed by atoms with Gasteiger partial charge in [0.15, 0.2) is 0 Å². The summed E-state index contributed by atoms with van der Waals surface area (Å²) in [6, 6.07) is 0. The lowest BCUT2D eigenvalue weighted by molar-refractivity contribution is -0.138. The highest BCUT2D eigenvalue weighted by molar-refractivity contribution is 6.18. The van der Waals surface area contributed by atoms with Crippen LogP contribution >= 0.6 is 11.6 Å². The van der Waals surface area contributed by atoms with Crippen LogP contribution < -0.4 is 0 Å². The fraction of sp³-hybridized carbons (Fsp3) is 0.875. The molecule has 0 spiro atoms. The highest BCUT2D eigenvalue weighted by Gasteiger charge is 2.20. The SMILES string of the molecule is O=C(O)CN1CCC[C@H](CCl)C1. The Morgan fingerprint density at radius 3 is 3.00 bits per heavy atom. The fourth-order valence-corrected chi connectivity index (χ4v) is 1.86. The molecule has 0 amide bonds. The number of piperidine rings is 1. The van der Waals surface area contributed by atoms with E-state index in [9.17, 15) is 4.79 Å². The molecule has 1 atom stereocenters. The molecule has 12 heavy (non-hydrogen) atoms. The van der Waals surface area contributed by atoms with Crippen LogP contribution in [0.1, 0.15) is 12.8 Å². The van der Waals surface area contributed by atoms with E-state index < -0.39 is 5.97 Å². The van der Waals surface area contributed by atoms with Gasteiger partial charge >= 0.3 is 5.97 Å². The molecular formula is C8H14ClNO2. The predicted octanol–water partition coefficient (Wildman–Crippen LogP) is 1.02. The molecule has 4 heteroatoms. The molecular weight excluding hydrogens is 178 g/mol. The average molecular weight is 192 g/mol. The zero-order valence-electron chi connectivity index (χ0n) is 7.00. The third-order valence-electron chi connectivity index (χ3n) is 2.18. The van der Waals surface area contributed by atoms with Crippen LogP contribution in [0.4, 0.5) is 0 Å². The van der Waals surface area contributed by atoms with Gasteiger partial charge in [-0.25, -0.2) is 0 Å². The molecule has 0 aromatic heterocycles. The lowest BCUT2D eigenvalue weighted by Crippen LogP contribution is -2.39. The van der Waals surface area contributed by atoms with Gasteiger partial charge in [-0.2, -0.15) is 0 Å². The molecule has 0 aliphatic carbocycles. The van der Waals surface area contributed by atoms with Gasteiger partial charge in [0.25, 0.3) is 0 Å². The second-order valence-corrected chi connectivity index (χ2v) is 3.60. The van der Waals surface area contributed by atoms with Crippen molar-refractivity contribution in [2.45, 2.75) is 12.8 Å². The van der Waals surface area contributed by atoms with Crippen molar-refractivity contribution in [3.8, 4) is 0 Å². The molecule has 0 saturated carbocycles. The van der Waals surface area contributed by atoms with E-state index in [1.807, 2.05) is 4.90 Å². The summed E-state index contributed by atoms with van der Waals surface area (Å²) < 4.78 is 0. The third-order valence-corrected chi connectivity index (χ3v) is 2.62. The van der Waals surface area contributed by atoms with Crippen molar-refractivity contribution in [1.29, 1.82) is 0 Å². The zero-order valence-corrected chi connectivity index (χ0v) is 7.76. The van der Waals surface area contributed by atoms with E-state index in [0.29, 0.717) is 11.8 Å². The van der Waals surface area contributed by atoms with Gasteiger partial charge in [0, 0.05) is 12.4 Å². The normalized spacial score (nSPS) is 25.6. The molecule has 0 radical (unpaired) electrons. The quantitative estimate of drug-likeness (QED) is 0.678. The van der Waals surface area contributed by atoms with Crippen molar-refractivity contribution in [2.75, 3.05) is 25.5 Å². The van der Waals surface area contributed by atoms with Crippen molar-refractivity contribution in [2.24, 2.45) is 5.92 Å². The van der Waals surface area contributed by atoms with Crippen LogP contribution in [-0.4, -0.2) is 41.5 Å². The number of likely N-dealkylation sites (tertiary alicyclic amines) is 1. The Morgan fingerprint density at radius 1 is 1.67 bits per heavy atom. The number of aliphatic carboxylic acids is 1. The summed E-state index contributed by atoms with van der Waals surface area (Å²) in [4.78, 5) is 12.3. The van der Waals surface area contributed by atoms with E-state index >= 15 is 0 Å². The van der Waals surface area contributed by atoms with Crippen LogP contribution in [-0.2, 0) is 4.79 Å². The minimum atomic E-state index is -0.745. The number of halogens is 1. The molecule has 1 heterocycles. The Labute approximate surface area is 77.3 Å². The van der Waals surface area contributed by atoms with Crippen LogP contribution in [0.15, 0.2) is 0 Å². The molecule has 0 bridgehead atoms. The summed E-state index contributed by atoms with van der Waals surface area (Å²) in [5, 5.41) is 8.55. The maximum Gasteiger partial charge on any atom is 0.317 e. The summed E-state index contributed by atoms with van der Waals surface area (Å²) in [5.74, 6) is 0.390. The molecule has 1 aliphatic heterocycles. The lowest BCUT2D eigenvalue weighted by Gasteiger charge is -2.30. The van der Waals surface area contributed by atoms with Crippen molar-refractivity contribution in [1.82, 2.24) is 4.90 Å². The Balaban J connectivity index is 2.30. The van der Waals surface area contributed by atoms with Crippen LogP contribution in [0.25, 0.3) is 0 Å². The van der Waals surface area contributed by atoms with Crippen molar-refractivity contribution in [3.63, 3.8) is 0 Å². The monoisotopic (exact) mass is 191 g/mol. The summed E-state index contributed by atoms with van der Waals surface area (Å²) in [6.45, 7) is 1.91. The van der Waals surface area contributed by atoms with E-state index in [1.54, 1.807) is 0 Å². The Morgan fingerprint density at radius 2 is 2.42 bits per heavy atom. The second-order valence-electron chi connectivity index (χ2n) is 3.29. The van der Waals surface area contributed by atoms with Crippen molar-refractivity contribution < 1.29 is 9.90 Å². The number of rotatable bonds is 3. The number of nitrogens with zero attached hydrogens (tertiary/aromatic N) is 1. The molecule has 0 aromatic rings. The van der Waals surface area contributed by atoms with Gasteiger partial charge in [-0.15, -0.1) is 11.6 Å². The van der Waals surface area contributed by atoms with Gasteiger partial charge in [0.1, 0.15) is 0 Å². The predicted molar refractivity (Wildman–Crippen MR) is 47.5 cm³/mol. The minimum Gasteiger partial charge on any atom is -0.480 e. The molecule has 70 valence electrons. The minimum absolute atomic E-state index is 0.160. The van der Waals surface area contributed by atoms with Gasteiger partial charge in [-0.1, -0.05) is 0 Å².